The Morgan fingerprint density at radius 2 is 1.94 bits per heavy atom. The van der Waals surface area contributed by atoms with Gasteiger partial charge in [-0.15, -0.1) is 0 Å². The summed E-state index contributed by atoms with van der Waals surface area (Å²) in [7, 11) is 1.58. The van der Waals surface area contributed by atoms with Crippen molar-refractivity contribution in [3.8, 4) is 5.75 Å². The smallest absolute Gasteiger partial charge is 0.246 e. The van der Waals surface area contributed by atoms with Crippen molar-refractivity contribution < 1.29 is 14.3 Å². The zero-order valence-electron chi connectivity index (χ0n) is 8.90. The number of anilines is 1. The first-order chi connectivity index (χ1) is 7.70. The van der Waals surface area contributed by atoms with Crippen LogP contribution < -0.4 is 15.0 Å². The van der Waals surface area contributed by atoms with Crippen LogP contribution in [-0.2, 0) is 9.59 Å². The Labute approximate surface area is 93.0 Å². The van der Waals surface area contributed by atoms with Crippen LogP contribution in [0.25, 0.3) is 0 Å². The molecule has 5 nitrogen and oxygen atoms in total. The number of nitrogens with zero attached hydrogens (tertiary/aromatic N) is 1. The molecule has 0 atom stereocenters. The number of piperazine rings is 1. The van der Waals surface area contributed by atoms with Crippen molar-refractivity contribution in [1.82, 2.24) is 5.32 Å². The van der Waals surface area contributed by atoms with Crippen LogP contribution in [0.15, 0.2) is 24.3 Å². The van der Waals surface area contributed by atoms with E-state index in [4.69, 9.17) is 4.74 Å². The SMILES string of the molecule is COc1ccc(N2CC(=O)NCC2=O)cc1. The predicted molar refractivity (Wildman–Crippen MR) is 58.4 cm³/mol. The third kappa shape index (κ3) is 1.98. The lowest BCUT2D eigenvalue weighted by atomic mass is 10.2. The molecule has 1 aliphatic rings. The zero-order valence-corrected chi connectivity index (χ0v) is 8.90. The van der Waals surface area contributed by atoms with Crippen molar-refractivity contribution in [1.29, 1.82) is 0 Å². The van der Waals surface area contributed by atoms with Crippen LogP contribution in [0.3, 0.4) is 0 Å². The standard InChI is InChI=1S/C11H12N2O3/c1-16-9-4-2-8(3-5-9)13-7-10(14)12-6-11(13)15/h2-5H,6-7H2,1H3,(H,12,14). The minimum absolute atomic E-state index is 0.0604. The van der Waals surface area contributed by atoms with Gasteiger partial charge in [0.05, 0.1) is 13.7 Å². The number of benzene rings is 1. The molecule has 0 bridgehead atoms. The minimum atomic E-state index is -0.143. The maximum atomic E-state index is 11.6. The predicted octanol–water partition coefficient (Wildman–Crippen LogP) is 0.158. The number of hydrogen-bond acceptors (Lipinski definition) is 3. The molecule has 0 aromatic heterocycles. The van der Waals surface area contributed by atoms with Crippen molar-refractivity contribution in [2.24, 2.45) is 0 Å². The highest BCUT2D eigenvalue weighted by molar-refractivity contribution is 6.04. The maximum absolute atomic E-state index is 11.6. The largest absolute Gasteiger partial charge is 0.497 e. The molecule has 0 saturated carbocycles. The van der Waals surface area contributed by atoms with Crippen LogP contribution in [-0.4, -0.2) is 32.0 Å². The van der Waals surface area contributed by atoms with Gasteiger partial charge in [-0.2, -0.15) is 0 Å². The fourth-order valence-electron chi connectivity index (χ4n) is 1.55. The monoisotopic (exact) mass is 220 g/mol. The van der Waals surface area contributed by atoms with Crippen molar-refractivity contribution >= 4 is 17.5 Å². The number of hydrogen-bond donors (Lipinski definition) is 1. The maximum Gasteiger partial charge on any atom is 0.246 e. The number of carbonyl (C=O) groups is 2. The first-order valence-corrected chi connectivity index (χ1v) is 4.92. The fourth-order valence-corrected chi connectivity index (χ4v) is 1.55. The van der Waals surface area contributed by atoms with Gasteiger partial charge in [-0.05, 0) is 24.3 Å². The van der Waals surface area contributed by atoms with Gasteiger partial charge in [0.25, 0.3) is 0 Å². The molecule has 0 spiro atoms. The molecule has 16 heavy (non-hydrogen) atoms. The average Bonchev–Trinajstić information content (AvgIpc) is 2.32. The van der Waals surface area contributed by atoms with Crippen LogP contribution in [0.4, 0.5) is 5.69 Å². The molecule has 1 aliphatic heterocycles. The van der Waals surface area contributed by atoms with Gasteiger partial charge in [0, 0.05) is 5.69 Å². The Balaban J connectivity index is 2.21. The molecule has 84 valence electrons. The molecule has 1 saturated heterocycles. The van der Waals surface area contributed by atoms with Gasteiger partial charge in [0.2, 0.25) is 11.8 Å². The highest BCUT2D eigenvalue weighted by Gasteiger charge is 2.24. The summed E-state index contributed by atoms with van der Waals surface area (Å²) in [5.74, 6) is 0.470. The molecule has 1 N–H and O–H groups in total. The van der Waals surface area contributed by atoms with Crippen molar-refractivity contribution in [3.63, 3.8) is 0 Å². The van der Waals surface area contributed by atoms with E-state index in [2.05, 4.69) is 5.32 Å². The molecule has 1 fully saturated rings. The van der Waals surface area contributed by atoms with Crippen LogP contribution in [0.1, 0.15) is 0 Å². The summed E-state index contributed by atoms with van der Waals surface area (Å²) in [6.07, 6.45) is 0. The van der Waals surface area contributed by atoms with Gasteiger partial charge in [-0.25, -0.2) is 0 Å². The number of methoxy groups -OCH3 is 1. The summed E-state index contributed by atoms with van der Waals surface area (Å²) >= 11 is 0. The van der Waals surface area contributed by atoms with Gasteiger partial charge in [-0.3, -0.25) is 9.59 Å². The molecular formula is C11H12N2O3. The van der Waals surface area contributed by atoms with Crippen LogP contribution in [0.5, 0.6) is 5.75 Å². The second kappa shape index (κ2) is 4.22. The number of carbonyl (C=O) groups excluding carboxylic acids is 2. The molecule has 0 unspecified atom stereocenters. The lowest BCUT2D eigenvalue weighted by Gasteiger charge is -2.26. The van der Waals surface area contributed by atoms with Crippen molar-refractivity contribution in [2.75, 3.05) is 25.1 Å². The van der Waals surface area contributed by atoms with Gasteiger partial charge in [0.1, 0.15) is 12.3 Å². The van der Waals surface area contributed by atoms with E-state index < -0.39 is 0 Å². The lowest BCUT2D eigenvalue weighted by Crippen LogP contribution is -2.51. The molecule has 1 heterocycles. The average molecular weight is 220 g/mol. The minimum Gasteiger partial charge on any atom is -0.497 e. The quantitative estimate of drug-likeness (QED) is 0.772. The van der Waals surface area contributed by atoms with E-state index in [9.17, 15) is 9.59 Å². The van der Waals surface area contributed by atoms with Crippen LogP contribution >= 0.6 is 0 Å². The Hall–Kier alpha value is -2.04. The van der Waals surface area contributed by atoms with Gasteiger partial charge >= 0.3 is 0 Å². The van der Waals surface area contributed by atoms with Crippen LogP contribution in [0, 0.1) is 0 Å². The van der Waals surface area contributed by atoms with Gasteiger partial charge in [-0.1, -0.05) is 0 Å². The molecular weight excluding hydrogens is 208 g/mol. The number of ether oxygens (including phenoxy) is 1. The zero-order chi connectivity index (χ0) is 11.5. The van der Waals surface area contributed by atoms with E-state index in [1.54, 1.807) is 31.4 Å². The molecule has 1 aromatic rings. The van der Waals surface area contributed by atoms with Crippen molar-refractivity contribution in [3.05, 3.63) is 24.3 Å². The molecule has 0 radical (unpaired) electrons. The molecule has 1 aromatic carbocycles. The third-order valence-electron chi connectivity index (χ3n) is 2.42. The summed E-state index contributed by atoms with van der Waals surface area (Å²) in [6, 6.07) is 7.04. The summed E-state index contributed by atoms with van der Waals surface area (Å²) in [6.45, 7) is 0.135. The second-order valence-corrected chi connectivity index (χ2v) is 3.45. The third-order valence-corrected chi connectivity index (χ3v) is 2.42. The molecule has 0 aliphatic carbocycles. The van der Waals surface area contributed by atoms with E-state index >= 15 is 0 Å². The van der Waals surface area contributed by atoms with Gasteiger partial charge < -0.3 is 15.0 Å². The normalized spacial score (nSPS) is 15.9. The summed E-state index contributed by atoms with van der Waals surface area (Å²) < 4.78 is 5.02. The Kier molecular flexibility index (Phi) is 2.76. The van der Waals surface area contributed by atoms with E-state index in [0.717, 1.165) is 5.75 Å². The van der Waals surface area contributed by atoms with E-state index in [1.165, 1.54) is 4.90 Å². The molecule has 2 rings (SSSR count). The second-order valence-electron chi connectivity index (χ2n) is 3.45. The van der Waals surface area contributed by atoms with Crippen molar-refractivity contribution in [2.45, 2.75) is 0 Å². The Morgan fingerprint density at radius 1 is 1.25 bits per heavy atom. The number of rotatable bonds is 2. The van der Waals surface area contributed by atoms with E-state index in [-0.39, 0.29) is 24.9 Å². The first-order valence-electron chi connectivity index (χ1n) is 4.92. The van der Waals surface area contributed by atoms with Gasteiger partial charge in [0.15, 0.2) is 0 Å². The Bertz CT molecular complexity index is 414. The van der Waals surface area contributed by atoms with Crippen LogP contribution in [0.2, 0.25) is 0 Å². The van der Waals surface area contributed by atoms with E-state index in [1.807, 2.05) is 0 Å². The Morgan fingerprint density at radius 3 is 2.56 bits per heavy atom. The topological polar surface area (TPSA) is 58.6 Å². The number of nitrogens with one attached hydrogen (secondary N) is 1. The molecule has 5 heteroatoms. The summed E-state index contributed by atoms with van der Waals surface area (Å²) in [5, 5.41) is 2.50. The fraction of sp³-hybridized carbons (Fsp3) is 0.273. The highest BCUT2D eigenvalue weighted by atomic mass is 16.5. The molecule has 2 amide bonds. The number of amides is 2. The lowest BCUT2D eigenvalue weighted by molar-refractivity contribution is -0.128. The summed E-state index contributed by atoms with van der Waals surface area (Å²) in [4.78, 5) is 24.2. The highest BCUT2D eigenvalue weighted by Crippen LogP contribution is 2.19. The first kappa shape index (κ1) is 10.5. The van der Waals surface area contributed by atoms with E-state index in [0.29, 0.717) is 5.69 Å². The summed E-state index contributed by atoms with van der Waals surface area (Å²) in [5.41, 5.74) is 0.709.